The predicted molar refractivity (Wildman–Crippen MR) is 116 cm³/mol. The van der Waals surface area contributed by atoms with Crippen LogP contribution in [0.15, 0.2) is 72.8 Å². The van der Waals surface area contributed by atoms with Crippen molar-refractivity contribution >= 4 is 17.7 Å². The lowest BCUT2D eigenvalue weighted by atomic mass is 10.1. The molecular formula is C24H22FNO3S. The van der Waals surface area contributed by atoms with Crippen molar-refractivity contribution in [2.75, 3.05) is 19.4 Å². The molecule has 4 rings (SSSR count). The molecule has 0 spiro atoms. The van der Waals surface area contributed by atoms with Crippen LogP contribution in [0.3, 0.4) is 0 Å². The highest BCUT2D eigenvalue weighted by Gasteiger charge is 2.32. The molecule has 0 radical (unpaired) electrons. The molecule has 0 aliphatic carbocycles. The molecule has 6 heteroatoms. The minimum atomic E-state index is -0.353. The number of hydrogen-bond donors (Lipinski definition) is 0. The fraction of sp³-hybridized carbons (Fsp3) is 0.208. The van der Waals surface area contributed by atoms with Crippen LogP contribution in [-0.2, 0) is 6.61 Å². The highest BCUT2D eigenvalue weighted by molar-refractivity contribution is 7.99. The Bertz CT molecular complexity index is 1010. The fourth-order valence-corrected chi connectivity index (χ4v) is 4.65. The van der Waals surface area contributed by atoms with E-state index in [9.17, 15) is 9.18 Å². The molecule has 0 bridgehead atoms. The molecule has 0 saturated carbocycles. The maximum atomic E-state index is 13.2. The van der Waals surface area contributed by atoms with Gasteiger partial charge in [0.25, 0.3) is 5.91 Å². The summed E-state index contributed by atoms with van der Waals surface area (Å²) >= 11 is 1.70. The Kier molecular flexibility index (Phi) is 6.23. The second-order valence-corrected chi connectivity index (χ2v) is 8.10. The summed E-state index contributed by atoms with van der Waals surface area (Å²) in [5.74, 6) is 1.67. The van der Waals surface area contributed by atoms with Crippen molar-refractivity contribution in [1.82, 2.24) is 4.90 Å². The average molecular weight is 424 g/mol. The van der Waals surface area contributed by atoms with Crippen LogP contribution >= 0.6 is 11.8 Å². The van der Waals surface area contributed by atoms with Gasteiger partial charge in [0.05, 0.1) is 7.11 Å². The van der Waals surface area contributed by atoms with Gasteiger partial charge in [-0.15, -0.1) is 11.8 Å². The molecule has 1 aliphatic rings. The Hall–Kier alpha value is -2.99. The zero-order chi connectivity index (χ0) is 20.9. The minimum Gasteiger partial charge on any atom is -0.493 e. The summed E-state index contributed by atoms with van der Waals surface area (Å²) in [4.78, 5) is 14.8. The van der Waals surface area contributed by atoms with Gasteiger partial charge in [-0.05, 0) is 47.5 Å². The van der Waals surface area contributed by atoms with Gasteiger partial charge < -0.3 is 14.4 Å². The fourth-order valence-electron chi connectivity index (χ4n) is 3.41. The summed E-state index contributed by atoms with van der Waals surface area (Å²) in [7, 11) is 1.61. The molecule has 0 aromatic heterocycles. The first-order chi connectivity index (χ1) is 14.7. The van der Waals surface area contributed by atoms with Gasteiger partial charge in [0, 0.05) is 17.9 Å². The lowest BCUT2D eigenvalue weighted by Gasteiger charge is -2.25. The summed E-state index contributed by atoms with van der Waals surface area (Å²) in [5, 5.41) is -0.132. The standard InChI is InChI=1S/C24H22FNO3S/c1-28-21-12-9-19(15-22(21)29-16-17-5-3-2-4-6-17)24-26(13-14-30-24)23(27)18-7-10-20(25)11-8-18/h2-12,15,24H,13-14,16H2,1H3. The predicted octanol–water partition coefficient (Wildman–Crippen LogP) is 5.30. The third kappa shape index (κ3) is 4.44. The molecular weight excluding hydrogens is 401 g/mol. The lowest BCUT2D eigenvalue weighted by Crippen LogP contribution is -2.30. The van der Waals surface area contributed by atoms with E-state index in [1.807, 2.05) is 53.4 Å². The van der Waals surface area contributed by atoms with Crippen LogP contribution in [0.1, 0.15) is 26.9 Å². The van der Waals surface area contributed by atoms with Crippen LogP contribution in [0.25, 0.3) is 0 Å². The SMILES string of the molecule is COc1ccc(C2SCCN2C(=O)c2ccc(F)cc2)cc1OCc1ccccc1. The topological polar surface area (TPSA) is 38.8 Å². The number of carbonyl (C=O) groups is 1. The monoisotopic (exact) mass is 423 g/mol. The van der Waals surface area contributed by atoms with Crippen molar-refractivity contribution in [3.63, 3.8) is 0 Å². The number of thioether (sulfide) groups is 1. The highest BCUT2D eigenvalue weighted by Crippen LogP contribution is 2.41. The largest absolute Gasteiger partial charge is 0.493 e. The quantitative estimate of drug-likeness (QED) is 0.539. The molecule has 1 amide bonds. The molecule has 4 nitrogen and oxygen atoms in total. The van der Waals surface area contributed by atoms with Gasteiger partial charge in [-0.2, -0.15) is 0 Å². The minimum absolute atomic E-state index is 0.104. The van der Waals surface area contributed by atoms with Gasteiger partial charge in [0.15, 0.2) is 11.5 Å². The third-order valence-electron chi connectivity index (χ3n) is 4.95. The summed E-state index contributed by atoms with van der Waals surface area (Å²) in [6, 6.07) is 21.4. The van der Waals surface area contributed by atoms with Gasteiger partial charge in [-0.3, -0.25) is 4.79 Å². The highest BCUT2D eigenvalue weighted by atomic mass is 32.2. The van der Waals surface area contributed by atoms with Crippen LogP contribution < -0.4 is 9.47 Å². The Morgan fingerprint density at radius 3 is 2.57 bits per heavy atom. The zero-order valence-electron chi connectivity index (χ0n) is 16.6. The molecule has 1 unspecified atom stereocenters. The van der Waals surface area contributed by atoms with Gasteiger partial charge in [0.1, 0.15) is 17.8 Å². The second-order valence-electron chi connectivity index (χ2n) is 6.91. The van der Waals surface area contributed by atoms with Crippen LogP contribution in [0, 0.1) is 5.82 Å². The molecule has 1 heterocycles. The Labute approximate surface area is 179 Å². The summed E-state index contributed by atoms with van der Waals surface area (Å²) in [6.07, 6.45) is 0. The molecule has 1 aliphatic heterocycles. The number of halogens is 1. The van der Waals surface area contributed by atoms with Crippen molar-refractivity contribution < 1.29 is 18.7 Å². The van der Waals surface area contributed by atoms with Gasteiger partial charge in [-0.25, -0.2) is 4.39 Å². The molecule has 3 aromatic carbocycles. The smallest absolute Gasteiger partial charge is 0.255 e. The van der Waals surface area contributed by atoms with E-state index >= 15 is 0 Å². The van der Waals surface area contributed by atoms with Crippen molar-refractivity contribution in [1.29, 1.82) is 0 Å². The normalized spacial score (nSPS) is 15.8. The molecule has 0 N–H and O–H groups in total. The van der Waals surface area contributed by atoms with Crippen LogP contribution in [0.5, 0.6) is 11.5 Å². The summed E-state index contributed by atoms with van der Waals surface area (Å²) < 4.78 is 24.7. The van der Waals surface area contributed by atoms with E-state index < -0.39 is 0 Å². The average Bonchev–Trinajstić information content (AvgIpc) is 3.28. The Morgan fingerprint density at radius 1 is 1.07 bits per heavy atom. The molecule has 1 atom stereocenters. The van der Waals surface area contributed by atoms with E-state index in [2.05, 4.69) is 0 Å². The molecule has 1 fully saturated rings. The number of nitrogens with zero attached hydrogens (tertiary/aromatic N) is 1. The maximum Gasteiger partial charge on any atom is 0.255 e. The number of amides is 1. The number of benzene rings is 3. The van der Waals surface area contributed by atoms with Crippen molar-refractivity contribution in [2.24, 2.45) is 0 Å². The first-order valence-electron chi connectivity index (χ1n) is 9.68. The Balaban J connectivity index is 1.56. The molecule has 30 heavy (non-hydrogen) atoms. The van der Waals surface area contributed by atoms with Crippen LogP contribution in [0.2, 0.25) is 0 Å². The lowest BCUT2D eigenvalue weighted by molar-refractivity contribution is 0.0760. The Morgan fingerprint density at radius 2 is 1.83 bits per heavy atom. The number of hydrogen-bond acceptors (Lipinski definition) is 4. The van der Waals surface area contributed by atoms with Crippen molar-refractivity contribution in [3.8, 4) is 11.5 Å². The van der Waals surface area contributed by atoms with Gasteiger partial charge >= 0.3 is 0 Å². The summed E-state index contributed by atoms with van der Waals surface area (Å²) in [5.41, 5.74) is 2.52. The number of methoxy groups -OCH3 is 1. The molecule has 3 aromatic rings. The van der Waals surface area contributed by atoms with Gasteiger partial charge in [0.2, 0.25) is 0 Å². The van der Waals surface area contributed by atoms with E-state index in [4.69, 9.17) is 9.47 Å². The number of ether oxygens (including phenoxy) is 2. The maximum absolute atomic E-state index is 13.2. The first kappa shape index (κ1) is 20.3. The number of rotatable bonds is 6. The van der Waals surface area contributed by atoms with Gasteiger partial charge in [-0.1, -0.05) is 36.4 Å². The third-order valence-corrected chi connectivity index (χ3v) is 6.21. The molecule has 154 valence electrons. The van der Waals surface area contributed by atoms with Crippen LogP contribution in [0.4, 0.5) is 4.39 Å². The van der Waals surface area contributed by atoms with Crippen LogP contribution in [-0.4, -0.2) is 30.2 Å². The zero-order valence-corrected chi connectivity index (χ0v) is 17.4. The van der Waals surface area contributed by atoms with E-state index in [1.54, 1.807) is 18.9 Å². The van der Waals surface area contributed by atoms with E-state index in [-0.39, 0.29) is 17.1 Å². The molecule has 1 saturated heterocycles. The van der Waals surface area contributed by atoms with E-state index in [0.717, 1.165) is 16.9 Å². The number of carbonyl (C=O) groups excluding carboxylic acids is 1. The summed E-state index contributed by atoms with van der Waals surface area (Å²) in [6.45, 7) is 1.06. The van der Waals surface area contributed by atoms with E-state index in [1.165, 1.54) is 24.3 Å². The first-order valence-corrected chi connectivity index (χ1v) is 10.7. The van der Waals surface area contributed by atoms with Crippen molar-refractivity contribution in [3.05, 3.63) is 95.3 Å². The van der Waals surface area contributed by atoms with E-state index in [0.29, 0.717) is 30.2 Å². The second kappa shape index (κ2) is 9.22. The van der Waals surface area contributed by atoms with Crippen molar-refractivity contribution in [2.45, 2.75) is 12.0 Å².